The fourth-order valence-electron chi connectivity index (χ4n) is 3.26. The highest BCUT2D eigenvalue weighted by molar-refractivity contribution is 6.00. The van der Waals surface area contributed by atoms with Crippen LogP contribution < -0.4 is 14.8 Å². The number of allylic oxidation sites excluding steroid dienone is 1. The van der Waals surface area contributed by atoms with Crippen LogP contribution in [0.2, 0.25) is 0 Å². The highest BCUT2D eigenvalue weighted by Gasteiger charge is 2.15. The minimum Gasteiger partial charge on any atom is -0.497 e. The third-order valence-corrected chi connectivity index (χ3v) is 4.83. The van der Waals surface area contributed by atoms with Crippen molar-refractivity contribution in [3.8, 4) is 22.6 Å². The largest absolute Gasteiger partial charge is 0.497 e. The van der Waals surface area contributed by atoms with Gasteiger partial charge in [0, 0.05) is 35.2 Å². The van der Waals surface area contributed by atoms with Gasteiger partial charge in [-0.2, -0.15) is 0 Å². The first-order chi connectivity index (χ1) is 14.4. The number of carbonyl (C=O) groups excluding carboxylic acids is 1. The van der Waals surface area contributed by atoms with Crippen molar-refractivity contribution in [2.45, 2.75) is 27.7 Å². The summed E-state index contributed by atoms with van der Waals surface area (Å²) >= 11 is 0. The topological polar surface area (TPSA) is 60.7 Å². The molecule has 0 aliphatic carbocycles. The van der Waals surface area contributed by atoms with Crippen molar-refractivity contribution in [2.75, 3.05) is 20.3 Å². The molecular weight excluding hydrogens is 378 g/mol. The van der Waals surface area contributed by atoms with Gasteiger partial charge in [-0.3, -0.25) is 4.79 Å². The number of methoxy groups -OCH3 is 1. The van der Waals surface area contributed by atoms with Crippen molar-refractivity contribution >= 4 is 22.4 Å². The molecule has 1 aromatic heterocycles. The summed E-state index contributed by atoms with van der Waals surface area (Å²) < 4.78 is 16.9. The lowest BCUT2D eigenvalue weighted by atomic mass is 9.99. The highest BCUT2D eigenvalue weighted by Crippen LogP contribution is 2.37. The number of amides is 1. The zero-order chi connectivity index (χ0) is 21.7. The van der Waals surface area contributed by atoms with E-state index in [0.29, 0.717) is 24.8 Å². The molecule has 0 unspecified atom stereocenters. The maximum atomic E-state index is 12.3. The van der Waals surface area contributed by atoms with E-state index < -0.39 is 0 Å². The lowest BCUT2D eigenvalue weighted by molar-refractivity contribution is -0.116. The van der Waals surface area contributed by atoms with Crippen molar-refractivity contribution in [3.05, 3.63) is 54.3 Å². The second-order valence-electron chi connectivity index (χ2n) is 7.62. The monoisotopic (exact) mass is 407 g/mol. The first-order valence-electron chi connectivity index (χ1n) is 10.2. The zero-order valence-corrected chi connectivity index (χ0v) is 18.2. The van der Waals surface area contributed by atoms with Crippen LogP contribution in [0.3, 0.4) is 0 Å². The summed E-state index contributed by atoms with van der Waals surface area (Å²) in [4.78, 5) is 12.3. The molecule has 0 atom stereocenters. The molecule has 0 saturated carbocycles. The van der Waals surface area contributed by atoms with Gasteiger partial charge in [0.25, 0.3) is 0 Å². The summed E-state index contributed by atoms with van der Waals surface area (Å²) in [5.74, 6) is 1.80. The number of nitrogens with one attached hydrogen (secondary N) is 1. The molecule has 2 aromatic carbocycles. The van der Waals surface area contributed by atoms with Gasteiger partial charge in [0.15, 0.2) is 0 Å². The number of carbonyl (C=O) groups is 1. The van der Waals surface area contributed by atoms with Crippen molar-refractivity contribution < 1.29 is 18.7 Å². The van der Waals surface area contributed by atoms with Crippen LogP contribution in [0.15, 0.2) is 53.2 Å². The molecule has 0 aliphatic heterocycles. The molecule has 158 valence electrons. The molecule has 3 aromatic rings. The molecule has 0 bridgehead atoms. The van der Waals surface area contributed by atoms with Crippen molar-refractivity contribution in [3.63, 3.8) is 0 Å². The predicted octanol–water partition coefficient (Wildman–Crippen LogP) is 5.68. The average Bonchev–Trinajstić information content (AvgIpc) is 3.14. The van der Waals surface area contributed by atoms with Gasteiger partial charge in [0.1, 0.15) is 17.1 Å². The first-order valence-corrected chi connectivity index (χ1v) is 10.2. The first kappa shape index (κ1) is 21.5. The normalized spacial score (nSPS) is 11.7. The van der Waals surface area contributed by atoms with Crippen LogP contribution in [0.1, 0.15) is 33.3 Å². The van der Waals surface area contributed by atoms with E-state index in [1.54, 1.807) is 19.4 Å². The molecular formula is C25H29NO4. The fraction of sp³-hybridized carbons (Fsp3) is 0.320. The van der Waals surface area contributed by atoms with Crippen LogP contribution in [-0.2, 0) is 4.79 Å². The summed E-state index contributed by atoms with van der Waals surface area (Å²) in [6, 6.07) is 11.8. The lowest BCUT2D eigenvalue weighted by Crippen LogP contribution is -2.25. The molecule has 3 rings (SSSR count). The molecule has 0 spiro atoms. The van der Waals surface area contributed by atoms with E-state index in [2.05, 4.69) is 19.2 Å². The molecule has 1 heterocycles. The van der Waals surface area contributed by atoms with E-state index in [4.69, 9.17) is 13.9 Å². The van der Waals surface area contributed by atoms with Gasteiger partial charge in [-0.25, -0.2) is 0 Å². The molecule has 5 nitrogen and oxygen atoms in total. The number of rotatable bonds is 8. The van der Waals surface area contributed by atoms with Crippen molar-refractivity contribution in [2.24, 2.45) is 5.92 Å². The number of fused-ring (bicyclic) bond motifs is 1. The van der Waals surface area contributed by atoms with Gasteiger partial charge in [-0.1, -0.05) is 26.0 Å². The Balaban J connectivity index is 2.03. The minimum absolute atomic E-state index is 0.105. The summed E-state index contributed by atoms with van der Waals surface area (Å²) in [5, 5.41) is 3.89. The number of furan rings is 1. The summed E-state index contributed by atoms with van der Waals surface area (Å²) in [6.07, 6.45) is 3.37. The van der Waals surface area contributed by atoms with E-state index in [1.165, 1.54) is 0 Å². The molecule has 0 fully saturated rings. The summed E-state index contributed by atoms with van der Waals surface area (Å²) in [6.45, 7) is 9.16. The Kier molecular flexibility index (Phi) is 6.83. The molecule has 0 radical (unpaired) electrons. The average molecular weight is 408 g/mol. The maximum absolute atomic E-state index is 12.3. The number of hydrogen-bond donors (Lipinski definition) is 1. The molecule has 5 heteroatoms. The van der Waals surface area contributed by atoms with Gasteiger partial charge in [0.2, 0.25) is 5.91 Å². The van der Waals surface area contributed by atoms with E-state index in [1.807, 2.05) is 50.2 Å². The quantitative estimate of drug-likeness (QED) is 0.488. The van der Waals surface area contributed by atoms with Gasteiger partial charge in [-0.15, -0.1) is 0 Å². The van der Waals surface area contributed by atoms with Crippen molar-refractivity contribution in [1.29, 1.82) is 0 Å². The van der Waals surface area contributed by atoms with Crippen LogP contribution >= 0.6 is 0 Å². The van der Waals surface area contributed by atoms with Crippen LogP contribution in [0, 0.1) is 5.92 Å². The van der Waals surface area contributed by atoms with Crippen LogP contribution in [0.25, 0.3) is 27.7 Å². The minimum atomic E-state index is -0.105. The Labute approximate surface area is 177 Å². The fourth-order valence-corrected chi connectivity index (χ4v) is 3.26. The molecule has 1 N–H and O–H groups in total. The second-order valence-corrected chi connectivity index (χ2v) is 7.62. The van der Waals surface area contributed by atoms with Crippen LogP contribution in [0.4, 0.5) is 0 Å². The molecule has 1 amide bonds. The van der Waals surface area contributed by atoms with E-state index in [0.717, 1.165) is 39.0 Å². The Morgan fingerprint density at radius 2 is 1.93 bits per heavy atom. The van der Waals surface area contributed by atoms with E-state index >= 15 is 0 Å². The van der Waals surface area contributed by atoms with Gasteiger partial charge in [0.05, 0.1) is 20.0 Å². The van der Waals surface area contributed by atoms with Crippen molar-refractivity contribution in [1.82, 2.24) is 5.32 Å². The molecule has 0 aliphatic rings. The zero-order valence-electron chi connectivity index (χ0n) is 18.2. The van der Waals surface area contributed by atoms with Gasteiger partial charge in [-0.05, 0) is 49.1 Å². The number of hydrogen-bond acceptors (Lipinski definition) is 4. The number of ether oxygens (including phenoxy) is 2. The number of benzene rings is 2. The summed E-state index contributed by atoms with van der Waals surface area (Å²) in [7, 11) is 1.65. The van der Waals surface area contributed by atoms with E-state index in [9.17, 15) is 4.79 Å². The van der Waals surface area contributed by atoms with Gasteiger partial charge >= 0.3 is 0 Å². The maximum Gasteiger partial charge on any atom is 0.244 e. The third kappa shape index (κ3) is 4.85. The Morgan fingerprint density at radius 1 is 1.20 bits per heavy atom. The van der Waals surface area contributed by atoms with Crippen LogP contribution in [0.5, 0.6) is 11.5 Å². The van der Waals surface area contributed by atoms with Gasteiger partial charge < -0.3 is 19.2 Å². The van der Waals surface area contributed by atoms with Crippen LogP contribution in [-0.4, -0.2) is 26.2 Å². The Hall–Kier alpha value is -3.21. The predicted molar refractivity (Wildman–Crippen MR) is 121 cm³/mol. The Morgan fingerprint density at radius 3 is 2.57 bits per heavy atom. The standard InChI is InChI=1S/C25H29NO4/c1-6-29-23-13-24-21(12-20(23)17(4)11-25(27)26-14-16(2)3)22(15-30-24)18-7-9-19(28-5)10-8-18/h7-13,15-16H,6,14H2,1-5H3,(H,26,27)/b17-11+. The highest BCUT2D eigenvalue weighted by atomic mass is 16.5. The third-order valence-electron chi connectivity index (χ3n) is 4.83. The summed E-state index contributed by atoms with van der Waals surface area (Å²) in [5.41, 5.74) is 4.46. The Bertz CT molecular complexity index is 1040. The lowest BCUT2D eigenvalue weighted by Gasteiger charge is -2.12. The van der Waals surface area contributed by atoms with E-state index in [-0.39, 0.29) is 5.91 Å². The smallest absolute Gasteiger partial charge is 0.244 e. The molecule has 30 heavy (non-hydrogen) atoms. The SMILES string of the molecule is CCOc1cc2occ(-c3ccc(OC)cc3)c2cc1/C(C)=C/C(=O)NCC(C)C. The second kappa shape index (κ2) is 9.53. The molecule has 0 saturated heterocycles.